The van der Waals surface area contributed by atoms with E-state index in [0.29, 0.717) is 5.75 Å². The second-order valence-corrected chi connectivity index (χ2v) is 7.13. The smallest absolute Gasteiger partial charge is 0.249 e. The summed E-state index contributed by atoms with van der Waals surface area (Å²) in [4.78, 5) is 28.6. The zero-order valence-electron chi connectivity index (χ0n) is 14.1. The monoisotopic (exact) mass is 358 g/mol. The van der Waals surface area contributed by atoms with Crippen molar-refractivity contribution in [1.29, 1.82) is 0 Å². The maximum atomic E-state index is 13.3. The van der Waals surface area contributed by atoms with Crippen LogP contribution in [0.1, 0.15) is 22.5 Å². The number of hydrogen-bond donors (Lipinski definition) is 0. The number of carbonyl (C=O) groups excluding carboxylic acids is 2. The third-order valence-corrected chi connectivity index (χ3v) is 5.36. The van der Waals surface area contributed by atoms with Crippen LogP contribution in [0.3, 0.4) is 0 Å². The first kappa shape index (κ1) is 17.5. The number of benzene rings is 2. The van der Waals surface area contributed by atoms with E-state index in [2.05, 4.69) is 0 Å². The van der Waals surface area contributed by atoms with Crippen molar-refractivity contribution in [3.05, 3.63) is 71.5 Å². The maximum absolute atomic E-state index is 13.3. The van der Waals surface area contributed by atoms with E-state index in [1.807, 2.05) is 30.3 Å². The average molecular weight is 358 g/mol. The fourth-order valence-corrected chi connectivity index (χ4v) is 4.10. The molecule has 1 aliphatic heterocycles. The van der Waals surface area contributed by atoms with Gasteiger partial charge in [-0.2, -0.15) is 0 Å². The van der Waals surface area contributed by atoms with E-state index < -0.39 is 6.04 Å². The number of halogens is 1. The first-order chi connectivity index (χ1) is 12.0. The van der Waals surface area contributed by atoms with Crippen LogP contribution in [0.25, 0.3) is 0 Å². The standard InChI is InChI=1S/C19H19FN2O2S/c1-21(2)18(24)17(13-6-4-3-5-7-13)22-16(23)12-25-19(22)14-8-10-15(20)11-9-14/h3-11,17,19H,12H2,1-2H3/t17-,19+/m0/s1. The Bertz CT molecular complexity index is 765. The lowest BCUT2D eigenvalue weighted by atomic mass is 10.0. The van der Waals surface area contributed by atoms with Crippen molar-refractivity contribution in [2.24, 2.45) is 0 Å². The molecule has 3 rings (SSSR count). The molecule has 2 amide bonds. The maximum Gasteiger partial charge on any atom is 0.249 e. The number of likely N-dealkylation sites (N-methyl/N-ethyl adjacent to an activating group) is 1. The second-order valence-electron chi connectivity index (χ2n) is 6.06. The molecule has 0 saturated carbocycles. The first-order valence-electron chi connectivity index (χ1n) is 7.93. The van der Waals surface area contributed by atoms with Crippen LogP contribution in [-0.4, -0.2) is 41.5 Å². The van der Waals surface area contributed by atoms with Gasteiger partial charge in [-0.25, -0.2) is 4.39 Å². The summed E-state index contributed by atoms with van der Waals surface area (Å²) in [7, 11) is 3.36. The zero-order chi connectivity index (χ0) is 18.0. The molecular formula is C19H19FN2O2S. The summed E-state index contributed by atoms with van der Waals surface area (Å²) >= 11 is 1.45. The number of thioether (sulfide) groups is 1. The van der Waals surface area contributed by atoms with Crippen molar-refractivity contribution in [2.75, 3.05) is 19.8 Å². The van der Waals surface area contributed by atoms with E-state index in [-0.39, 0.29) is 23.0 Å². The molecule has 0 aliphatic carbocycles. The fraction of sp³-hybridized carbons (Fsp3) is 0.263. The summed E-state index contributed by atoms with van der Waals surface area (Å²) < 4.78 is 13.3. The molecule has 0 unspecified atom stereocenters. The lowest BCUT2D eigenvalue weighted by molar-refractivity contribution is -0.143. The molecule has 1 heterocycles. The SMILES string of the molecule is CN(C)C(=O)[C@H](c1ccccc1)N1C(=O)CS[C@@H]1c1ccc(F)cc1. The Hall–Kier alpha value is -2.34. The topological polar surface area (TPSA) is 40.6 Å². The second kappa shape index (κ2) is 7.27. The number of hydrogen-bond acceptors (Lipinski definition) is 3. The number of nitrogens with zero attached hydrogens (tertiary/aromatic N) is 2. The number of rotatable bonds is 4. The largest absolute Gasteiger partial charge is 0.347 e. The van der Waals surface area contributed by atoms with Gasteiger partial charge in [0.15, 0.2) is 0 Å². The van der Waals surface area contributed by atoms with Crippen LogP contribution in [0.4, 0.5) is 4.39 Å². The molecular weight excluding hydrogens is 339 g/mol. The fourth-order valence-electron chi connectivity index (χ4n) is 2.90. The molecule has 2 aromatic carbocycles. The highest BCUT2D eigenvalue weighted by Gasteiger charge is 2.42. The number of amides is 2. The minimum absolute atomic E-state index is 0.0941. The van der Waals surface area contributed by atoms with Gasteiger partial charge in [0.2, 0.25) is 11.8 Å². The molecule has 1 fully saturated rings. The predicted molar refractivity (Wildman–Crippen MR) is 96.3 cm³/mol. The highest BCUT2D eigenvalue weighted by Crippen LogP contribution is 2.44. The van der Waals surface area contributed by atoms with Gasteiger partial charge in [-0.1, -0.05) is 42.5 Å². The molecule has 6 heteroatoms. The van der Waals surface area contributed by atoms with Crippen LogP contribution in [0.15, 0.2) is 54.6 Å². The zero-order valence-corrected chi connectivity index (χ0v) is 14.9. The highest BCUT2D eigenvalue weighted by atomic mass is 32.2. The van der Waals surface area contributed by atoms with Crippen LogP contribution in [0.5, 0.6) is 0 Å². The van der Waals surface area contributed by atoms with E-state index in [4.69, 9.17) is 0 Å². The van der Waals surface area contributed by atoms with Gasteiger partial charge in [0.1, 0.15) is 17.2 Å². The van der Waals surface area contributed by atoms with Gasteiger partial charge >= 0.3 is 0 Å². The van der Waals surface area contributed by atoms with Crippen molar-refractivity contribution in [1.82, 2.24) is 9.80 Å². The minimum atomic E-state index is -0.700. The summed E-state index contributed by atoms with van der Waals surface area (Å²) in [6, 6.07) is 14.7. The van der Waals surface area contributed by atoms with Crippen molar-refractivity contribution in [3.63, 3.8) is 0 Å². The summed E-state index contributed by atoms with van der Waals surface area (Å²) in [5, 5.41) is -0.317. The van der Waals surface area contributed by atoms with Crippen LogP contribution in [0, 0.1) is 5.82 Å². The molecule has 1 saturated heterocycles. The average Bonchev–Trinajstić information content (AvgIpc) is 2.98. The van der Waals surface area contributed by atoms with Crippen LogP contribution in [-0.2, 0) is 9.59 Å². The third-order valence-electron chi connectivity index (χ3n) is 4.13. The van der Waals surface area contributed by atoms with Gasteiger partial charge < -0.3 is 9.80 Å². The molecule has 1 aliphatic rings. The van der Waals surface area contributed by atoms with E-state index in [0.717, 1.165) is 11.1 Å². The van der Waals surface area contributed by atoms with Crippen molar-refractivity contribution in [3.8, 4) is 0 Å². The normalized spacial score (nSPS) is 18.3. The molecule has 0 bridgehead atoms. The molecule has 0 spiro atoms. The van der Waals surface area contributed by atoms with Crippen LogP contribution in [0.2, 0.25) is 0 Å². The van der Waals surface area contributed by atoms with E-state index in [1.54, 1.807) is 31.1 Å². The van der Waals surface area contributed by atoms with Gasteiger partial charge in [0, 0.05) is 14.1 Å². The summed E-state index contributed by atoms with van der Waals surface area (Å²) in [5.41, 5.74) is 1.58. The Balaban J connectivity index is 2.04. The summed E-state index contributed by atoms with van der Waals surface area (Å²) in [6.07, 6.45) is 0. The quantitative estimate of drug-likeness (QED) is 0.843. The van der Waals surface area contributed by atoms with Gasteiger partial charge in [-0.15, -0.1) is 11.8 Å². The molecule has 0 N–H and O–H groups in total. The lowest BCUT2D eigenvalue weighted by Crippen LogP contribution is -2.42. The molecule has 0 aromatic heterocycles. The van der Waals surface area contributed by atoms with E-state index in [1.165, 1.54) is 28.8 Å². The third kappa shape index (κ3) is 3.54. The Morgan fingerprint density at radius 1 is 1.16 bits per heavy atom. The molecule has 130 valence electrons. The Morgan fingerprint density at radius 3 is 2.40 bits per heavy atom. The Labute approximate surface area is 150 Å². The Kier molecular flexibility index (Phi) is 5.08. The van der Waals surface area contributed by atoms with Gasteiger partial charge in [-0.05, 0) is 23.3 Å². The first-order valence-corrected chi connectivity index (χ1v) is 8.98. The molecule has 25 heavy (non-hydrogen) atoms. The lowest BCUT2D eigenvalue weighted by Gasteiger charge is -2.33. The van der Waals surface area contributed by atoms with Crippen LogP contribution >= 0.6 is 11.8 Å². The molecule has 2 atom stereocenters. The Morgan fingerprint density at radius 2 is 1.80 bits per heavy atom. The van der Waals surface area contributed by atoms with Gasteiger partial charge in [-0.3, -0.25) is 9.59 Å². The molecule has 0 radical (unpaired) electrons. The van der Waals surface area contributed by atoms with E-state index >= 15 is 0 Å². The minimum Gasteiger partial charge on any atom is -0.347 e. The van der Waals surface area contributed by atoms with Crippen molar-refractivity contribution < 1.29 is 14.0 Å². The van der Waals surface area contributed by atoms with Crippen molar-refractivity contribution >= 4 is 23.6 Å². The highest BCUT2D eigenvalue weighted by molar-refractivity contribution is 8.00. The summed E-state index contributed by atoms with van der Waals surface area (Å²) in [6.45, 7) is 0. The molecule has 2 aromatic rings. The summed E-state index contributed by atoms with van der Waals surface area (Å²) in [5.74, 6) is -0.280. The predicted octanol–water partition coefficient (Wildman–Crippen LogP) is 3.23. The van der Waals surface area contributed by atoms with Gasteiger partial charge in [0.05, 0.1) is 5.75 Å². The van der Waals surface area contributed by atoms with Crippen molar-refractivity contribution in [2.45, 2.75) is 11.4 Å². The number of carbonyl (C=O) groups is 2. The molecule has 4 nitrogen and oxygen atoms in total. The van der Waals surface area contributed by atoms with Crippen LogP contribution < -0.4 is 0 Å². The van der Waals surface area contributed by atoms with E-state index in [9.17, 15) is 14.0 Å². The van der Waals surface area contributed by atoms with Gasteiger partial charge in [0.25, 0.3) is 0 Å².